The number of carbonyl (C=O) groups is 1. The normalized spacial score (nSPS) is 14.9. The summed E-state index contributed by atoms with van der Waals surface area (Å²) in [6, 6.07) is 19.3. The number of hydrogen-bond acceptors (Lipinski definition) is 7. The molecule has 1 atom stereocenters. The van der Waals surface area contributed by atoms with Gasteiger partial charge in [-0.15, -0.1) is 0 Å². The highest BCUT2D eigenvalue weighted by molar-refractivity contribution is 7.07. The highest BCUT2D eigenvalue weighted by Gasteiger charge is 2.33. The number of methoxy groups -OCH3 is 1. The molecule has 1 aliphatic rings. The van der Waals surface area contributed by atoms with Crippen LogP contribution >= 0.6 is 34.5 Å². The van der Waals surface area contributed by atoms with Gasteiger partial charge in [0, 0.05) is 15.6 Å². The summed E-state index contributed by atoms with van der Waals surface area (Å²) in [5, 5.41) is 1.17. The van der Waals surface area contributed by atoms with E-state index < -0.39 is 12.0 Å². The predicted molar refractivity (Wildman–Crippen MR) is 161 cm³/mol. The molecule has 4 aromatic rings. The zero-order chi connectivity index (χ0) is 29.1. The van der Waals surface area contributed by atoms with E-state index in [0.29, 0.717) is 48.8 Å². The minimum absolute atomic E-state index is 0.278. The van der Waals surface area contributed by atoms with Crippen LogP contribution in [0.25, 0.3) is 6.08 Å². The maximum absolute atomic E-state index is 13.8. The van der Waals surface area contributed by atoms with E-state index >= 15 is 0 Å². The first-order valence-corrected chi connectivity index (χ1v) is 14.4. The Labute approximate surface area is 250 Å². The van der Waals surface area contributed by atoms with Crippen LogP contribution in [-0.4, -0.2) is 24.3 Å². The van der Waals surface area contributed by atoms with Crippen molar-refractivity contribution in [2.24, 2.45) is 4.99 Å². The Hall–Kier alpha value is -3.85. The summed E-state index contributed by atoms with van der Waals surface area (Å²) in [5.74, 6) is 0.560. The van der Waals surface area contributed by atoms with Crippen molar-refractivity contribution in [1.29, 1.82) is 0 Å². The first-order chi connectivity index (χ1) is 19.8. The third-order valence-corrected chi connectivity index (χ3v) is 8.12. The summed E-state index contributed by atoms with van der Waals surface area (Å²) < 4.78 is 18.9. The average Bonchev–Trinajstić information content (AvgIpc) is 3.26. The summed E-state index contributed by atoms with van der Waals surface area (Å²) in [7, 11) is 1.31. The van der Waals surface area contributed by atoms with Gasteiger partial charge in [0.05, 0.1) is 35.6 Å². The smallest absolute Gasteiger partial charge is 0.338 e. The van der Waals surface area contributed by atoms with Gasteiger partial charge >= 0.3 is 5.97 Å². The Balaban J connectivity index is 1.56. The Morgan fingerprint density at radius 1 is 1.05 bits per heavy atom. The number of esters is 1. The van der Waals surface area contributed by atoms with E-state index in [2.05, 4.69) is 4.99 Å². The summed E-state index contributed by atoms with van der Waals surface area (Å²) in [4.78, 5) is 31.7. The fourth-order valence-electron chi connectivity index (χ4n) is 4.58. The fourth-order valence-corrected chi connectivity index (χ4v) is 5.94. The van der Waals surface area contributed by atoms with E-state index in [-0.39, 0.29) is 12.2 Å². The van der Waals surface area contributed by atoms with E-state index in [4.69, 9.17) is 37.4 Å². The number of hydrogen-bond donors (Lipinski definition) is 0. The lowest BCUT2D eigenvalue weighted by Gasteiger charge is -2.24. The lowest BCUT2D eigenvalue weighted by atomic mass is 9.96. The third-order valence-electron chi connectivity index (χ3n) is 6.52. The number of nitrogens with zero attached hydrogens (tertiary/aromatic N) is 2. The minimum Gasteiger partial charge on any atom is -0.490 e. The molecule has 3 aromatic carbocycles. The van der Waals surface area contributed by atoms with Crippen molar-refractivity contribution in [1.82, 2.24) is 4.57 Å². The Morgan fingerprint density at radius 2 is 1.80 bits per heavy atom. The molecule has 0 unspecified atom stereocenters. The van der Waals surface area contributed by atoms with Gasteiger partial charge in [0.2, 0.25) is 0 Å². The van der Waals surface area contributed by atoms with Crippen molar-refractivity contribution in [3.05, 3.63) is 124 Å². The molecule has 7 nitrogen and oxygen atoms in total. The van der Waals surface area contributed by atoms with Crippen molar-refractivity contribution < 1.29 is 19.0 Å². The molecule has 0 fully saturated rings. The maximum atomic E-state index is 13.8. The molecule has 1 aliphatic heterocycles. The van der Waals surface area contributed by atoms with Crippen LogP contribution < -0.4 is 24.4 Å². The molecule has 10 heteroatoms. The molecule has 1 aromatic heterocycles. The number of halogens is 2. The van der Waals surface area contributed by atoms with Crippen LogP contribution in [-0.2, 0) is 16.1 Å². The number of rotatable bonds is 8. The molecule has 2 heterocycles. The second-order valence-corrected chi connectivity index (χ2v) is 11.0. The topological polar surface area (TPSA) is 79.1 Å². The molecule has 210 valence electrons. The molecule has 0 spiro atoms. The molecule has 0 bridgehead atoms. The van der Waals surface area contributed by atoms with E-state index in [1.807, 2.05) is 43.3 Å². The second kappa shape index (κ2) is 12.3. The zero-order valence-corrected chi connectivity index (χ0v) is 24.8. The third kappa shape index (κ3) is 5.95. The van der Waals surface area contributed by atoms with Gasteiger partial charge in [-0.3, -0.25) is 9.36 Å². The van der Waals surface area contributed by atoms with Gasteiger partial charge in [-0.05, 0) is 61.4 Å². The van der Waals surface area contributed by atoms with Gasteiger partial charge in [0.25, 0.3) is 5.56 Å². The Bertz CT molecular complexity index is 1830. The van der Waals surface area contributed by atoms with Crippen LogP contribution in [0, 0.1) is 0 Å². The number of allylic oxidation sites excluding steroid dienone is 1. The van der Waals surface area contributed by atoms with Crippen LogP contribution in [0.15, 0.2) is 87.8 Å². The van der Waals surface area contributed by atoms with Crippen LogP contribution in [0.4, 0.5) is 0 Å². The van der Waals surface area contributed by atoms with Crippen molar-refractivity contribution in [2.75, 3.05) is 13.7 Å². The van der Waals surface area contributed by atoms with E-state index in [1.54, 1.807) is 43.3 Å². The molecule has 5 rings (SSSR count). The zero-order valence-electron chi connectivity index (χ0n) is 22.5. The molecule has 41 heavy (non-hydrogen) atoms. The molecular weight excluding hydrogens is 583 g/mol. The number of benzene rings is 3. The van der Waals surface area contributed by atoms with E-state index in [0.717, 1.165) is 16.7 Å². The second-order valence-electron chi connectivity index (χ2n) is 9.14. The minimum atomic E-state index is -0.710. The molecule has 0 aliphatic carbocycles. The number of ether oxygens (including phenoxy) is 3. The largest absolute Gasteiger partial charge is 0.490 e. The number of carbonyl (C=O) groups excluding carboxylic acids is 1. The fraction of sp³-hybridized carbons (Fsp3) is 0.194. The van der Waals surface area contributed by atoms with E-state index in [9.17, 15) is 9.59 Å². The number of aromatic nitrogens is 1. The highest BCUT2D eigenvalue weighted by Crippen LogP contribution is 2.32. The molecule has 0 radical (unpaired) electrons. The van der Waals surface area contributed by atoms with E-state index in [1.165, 1.54) is 23.0 Å². The summed E-state index contributed by atoms with van der Waals surface area (Å²) in [6.07, 6.45) is 1.78. The van der Waals surface area contributed by atoms with Gasteiger partial charge in [0.15, 0.2) is 16.3 Å². The van der Waals surface area contributed by atoms with Gasteiger partial charge in [-0.1, -0.05) is 70.9 Å². The monoisotopic (exact) mass is 608 g/mol. The summed E-state index contributed by atoms with van der Waals surface area (Å²) in [6.45, 7) is 4.34. The van der Waals surface area contributed by atoms with Crippen LogP contribution in [0.3, 0.4) is 0 Å². The van der Waals surface area contributed by atoms with Crippen molar-refractivity contribution in [3.8, 4) is 11.5 Å². The first kappa shape index (κ1) is 28.7. The molecule has 0 N–H and O–H groups in total. The lowest BCUT2D eigenvalue weighted by Crippen LogP contribution is -2.39. The molecule has 0 saturated heterocycles. The molecule has 0 amide bonds. The van der Waals surface area contributed by atoms with Crippen LogP contribution in [0.1, 0.15) is 36.6 Å². The summed E-state index contributed by atoms with van der Waals surface area (Å²) >= 11 is 13.6. The van der Waals surface area contributed by atoms with Gasteiger partial charge in [0.1, 0.15) is 6.61 Å². The number of fused-ring (bicyclic) bond motifs is 1. The van der Waals surface area contributed by atoms with Gasteiger partial charge in [-0.25, -0.2) is 9.79 Å². The lowest BCUT2D eigenvalue weighted by molar-refractivity contribution is -0.136. The first-order valence-electron chi connectivity index (χ1n) is 12.8. The van der Waals surface area contributed by atoms with Crippen LogP contribution in [0.2, 0.25) is 10.0 Å². The Kier molecular flexibility index (Phi) is 8.63. The van der Waals surface area contributed by atoms with Crippen molar-refractivity contribution in [3.63, 3.8) is 0 Å². The predicted octanol–water partition coefficient (Wildman–Crippen LogP) is 5.69. The molecule has 0 saturated carbocycles. The standard InChI is InChI=1S/C31H26Cl2N2O5S/c1-4-39-25-15-19(9-14-24(25)40-17-21-7-5-6-8-23(21)33)16-26-29(36)35-28(20-10-12-22(32)13-11-20)27(30(37)38-3)18(2)34-31(35)41-26/h5-16,28H,4,17H2,1-3H3/b26-16-/t28-/m1/s1. The number of thiazole rings is 1. The SMILES string of the molecule is CCOc1cc(/C=c2\sc3n(c2=O)[C@H](c2ccc(Cl)cc2)C(C(=O)OC)=C(C)N=3)ccc1OCc1ccccc1Cl. The molecular formula is C31H26Cl2N2O5S. The van der Waals surface area contributed by atoms with Crippen LogP contribution in [0.5, 0.6) is 11.5 Å². The summed E-state index contributed by atoms with van der Waals surface area (Å²) in [5.41, 5.74) is 2.83. The average molecular weight is 610 g/mol. The van der Waals surface area contributed by atoms with Crippen molar-refractivity contribution >= 4 is 46.6 Å². The maximum Gasteiger partial charge on any atom is 0.338 e. The quantitative estimate of drug-likeness (QED) is 0.240. The highest BCUT2D eigenvalue weighted by atomic mass is 35.5. The van der Waals surface area contributed by atoms with Crippen molar-refractivity contribution in [2.45, 2.75) is 26.5 Å². The van der Waals surface area contributed by atoms with Gasteiger partial charge < -0.3 is 14.2 Å². The Morgan fingerprint density at radius 3 is 2.51 bits per heavy atom. The van der Waals surface area contributed by atoms with Gasteiger partial charge in [-0.2, -0.15) is 0 Å².